The molecule has 0 radical (unpaired) electrons. The highest BCUT2D eigenvalue weighted by molar-refractivity contribution is 5.93. The molecule has 2 atom stereocenters. The zero-order chi connectivity index (χ0) is 20.1. The fraction of sp³-hybridized carbons (Fsp3) is 0.550. The summed E-state index contributed by atoms with van der Waals surface area (Å²) < 4.78 is 10.5. The van der Waals surface area contributed by atoms with E-state index in [1.807, 2.05) is 36.1 Å². The number of hydrogen-bond donors (Lipinski definition) is 1. The second-order valence-electron chi connectivity index (χ2n) is 7.18. The molecule has 8 heteroatoms. The van der Waals surface area contributed by atoms with E-state index in [4.69, 9.17) is 15.2 Å². The summed E-state index contributed by atoms with van der Waals surface area (Å²) >= 11 is 0. The van der Waals surface area contributed by atoms with Gasteiger partial charge in [0, 0.05) is 26.2 Å². The Bertz CT molecular complexity index is 790. The van der Waals surface area contributed by atoms with Gasteiger partial charge in [-0.3, -0.25) is 4.79 Å². The lowest BCUT2D eigenvalue weighted by atomic mass is 9.90. The molecule has 0 unspecified atom stereocenters. The second-order valence-corrected chi connectivity index (χ2v) is 7.18. The molecule has 1 fully saturated rings. The second kappa shape index (κ2) is 9.16. The van der Waals surface area contributed by atoms with Crippen molar-refractivity contribution in [3.8, 4) is 11.4 Å². The summed E-state index contributed by atoms with van der Waals surface area (Å²) in [6.07, 6.45) is 2.08. The van der Waals surface area contributed by atoms with Crippen molar-refractivity contribution in [3.63, 3.8) is 0 Å². The maximum absolute atomic E-state index is 13.1. The van der Waals surface area contributed by atoms with E-state index >= 15 is 0 Å². The number of ether oxygens (including phenoxy) is 2. The summed E-state index contributed by atoms with van der Waals surface area (Å²) in [4.78, 5) is 16.5. The van der Waals surface area contributed by atoms with E-state index in [-0.39, 0.29) is 11.9 Å². The number of hydrogen-bond acceptors (Lipinski definition) is 6. The van der Waals surface area contributed by atoms with Gasteiger partial charge in [0.1, 0.15) is 12.4 Å². The molecular weight excluding hydrogens is 358 g/mol. The fourth-order valence-corrected chi connectivity index (χ4v) is 3.61. The Morgan fingerprint density at radius 2 is 2.00 bits per heavy atom. The van der Waals surface area contributed by atoms with Crippen LogP contribution < -0.4 is 10.5 Å². The Morgan fingerprint density at radius 3 is 2.68 bits per heavy atom. The quantitative estimate of drug-likeness (QED) is 0.728. The number of nitrogens with two attached hydrogens (primary N) is 1. The highest BCUT2D eigenvalue weighted by Gasteiger charge is 2.33. The highest BCUT2D eigenvalue weighted by Crippen LogP contribution is 2.25. The topological polar surface area (TPSA) is 95.5 Å². The van der Waals surface area contributed by atoms with E-state index < -0.39 is 0 Å². The molecule has 152 valence electrons. The van der Waals surface area contributed by atoms with Crippen molar-refractivity contribution in [2.45, 2.75) is 32.7 Å². The number of amides is 1. The lowest BCUT2D eigenvalue weighted by molar-refractivity contribution is 0.0525. The van der Waals surface area contributed by atoms with Crippen molar-refractivity contribution in [1.29, 1.82) is 0 Å². The fourth-order valence-electron chi connectivity index (χ4n) is 3.61. The predicted molar refractivity (Wildman–Crippen MR) is 106 cm³/mol. The molecule has 3 rings (SSSR count). The Morgan fingerprint density at radius 1 is 1.25 bits per heavy atom. The van der Waals surface area contributed by atoms with Crippen LogP contribution in [0.2, 0.25) is 0 Å². The number of carbonyl (C=O) groups excluding carboxylic acids is 1. The predicted octanol–water partition coefficient (Wildman–Crippen LogP) is 1.80. The average molecular weight is 387 g/mol. The number of benzene rings is 1. The summed E-state index contributed by atoms with van der Waals surface area (Å²) in [5.74, 6) is 1.04. The van der Waals surface area contributed by atoms with E-state index in [0.29, 0.717) is 43.6 Å². The summed E-state index contributed by atoms with van der Waals surface area (Å²) in [5.41, 5.74) is 7.70. The minimum atomic E-state index is -0.0923. The van der Waals surface area contributed by atoms with Gasteiger partial charge in [-0.2, -0.15) is 9.90 Å². The van der Waals surface area contributed by atoms with Crippen LogP contribution in [0.4, 0.5) is 0 Å². The van der Waals surface area contributed by atoms with Crippen LogP contribution in [0.25, 0.3) is 5.69 Å². The first kappa shape index (κ1) is 20.3. The molecular formula is C20H29N5O3. The third-order valence-corrected chi connectivity index (χ3v) is 5.23. The van der Waals surface area contributed by atoms with Crippen LogP contribution in [-0.2, 0) is 4.74 Å². The SMILES string of the molecule is COCCOc1ccc(-n2nc(C)c(C(=O)N3CCC[C@@H](C)[C@@H]3CN)n2)cc1. The van der Waals surface area contributed by atoms with Gasteiger partial charge >= 0.3 is 0 Å². The van der Waals surface area contributed by atoms with Crippen molar-refractivity contribution in [1.82, 2.24) is 19.9 Å². The number of piperidine rings is 1. The first-order valence-electron chi connectivity index (χ1n) is 9.72. The summed E-state index contributed by atoms with van der Waals surface area (Å²) in [5, 5.41) is 8.90. The van der Waals surface area contributed by atoms with E-state index in [2.05, 4.69) is 17.1 Å². The van der Waals surface area contributed by atoms with Crippen molar-refractivity contribution in [3.05, 3.63) is 35.7 Å². The molecule has 1 saturated heterocycles. The molecule has 1 aliphatic heterocycles. The van der Waals surface area contributed by atoms with Gasteiger partial charge in [-0.25, -0.2) is 0 Å². The summed E-state index contributed by atoms with van der Waals surface area (Å²) in [7, 11) is 1.64. The molecule has 1 aromatic heterocycles. The van der Waals surface area contributed by atoms with Crippen LogP contribution in [0.3, 0.4) is 0 Å². The molecule has 1 aromatic carbocycles. The van der Waals surface area contributed by atoms with Crippen molar-refractivity contribution >= 4 is 5.91 Å². The van der Waals surface area contributed by atoms with Crippen LogP contribution in [0.5, 0.6) is 5.75 Å². The van der Waals surface area contributed by atoms with E-state index in [0.717, 1.165) is 24.3 Å². The average Bonchev–Trinajstić information content (AvgIpc) is 3.09. The number of aromatic nitrogens is 3. The number of aryl methyl sites for hydroxylation is 1. The van der Waals surface area contributed by atoms with E-state index in [1.54, 1.807) is 7.11 Å². The first-order valence-corrected chi connectivity index (χ1v) is 9.72. The van der Waals surface area contributed by atoms with E-state index in [9.17, 15) is 4.79 Å². The Labute approximate surface area is 165 Å². The normalized spacial score (nSPS) is 19.6. The monoisotopic (exact) mass is 387 g/mol. The molecule has 2 aromatic rings. The molecule has 0 aliphatic carbocycles. The van der Waals surface area contributed by atoms with Crippen LogP contribution in [0.15, 0.2) is 24.3 Å². The number of carbonyl (C=O) groups is 1. The van der Waals surface area contributed by atoms with Gasteiger partial charge in [0.05, 0.1) is 18.0 Å². The molecule has 2 heterocycles. The van der Waals surface area contributed by atoms with Crippen molar-refractivity contribution in [2.24, 2.45) is 11.7 Å². The van der Waals surface area contributed by atoms with Gasteiger partial charge in [-0.1, -0.05) is 6.92 Å². The largest absolute Gasteiger partial charge is 0.491 e. The minimum absolute atomic E-state index is 0.0503. The van der Waals surface area contributed by atoms with Crippen molar-refractivity contribution < 1.29 is 14.3 Å². The maximum atomic E-state index is 13.1. The Kier molecular flexibility index (Phi) is 6.64. The Balaban J connectivity index is 1.76. The third kappa shape index (κ3) is 4.34. The number of nitrogens with zero attached hydrogens (tertiary/aromatic N) is 4. The molecule has 28 heavy (non-hydrogen) atoms. The Hall–Kier alpha value is -2.45. The third-order valence-electron chi connectivity index (χ3n) is 5.23. The number of likely N-dealkylation sites (tertiary alicyclic amines) is 1. The molecule has 2 N–H and O–H groups in total. The van der Waals surface area contributed by atoms with E-state index in [1.165, 1.54) is 4.80 Å². The molecule has 0 saturated carbocycles. The van der Waals surface area contributed by atoms with Crippen molar-refractivity contribution in [2.75, 3.05) is 33.4 Å². The van der Waals surface area contributed by atoms with Crippen LogP contribution >= 0.6 is 0 Å². The van der Waals surface area contributed by atoms with Crippen LogP contribution in [-0.4, -0.2) is 65.3 Å². The zero-order valence-corrected chi connectivity index (χ0v) is 16.8. The zero-order valence-electron chi connectivity index (χ0n) is 16.8. The maximum Gasteiger partial charge on any atom is 0.276 e. The highest BCUT2D eigenvalue weighted by atomic mass is 16.5. The first-order chi connectivity index (χ1) is 13.5. The molecule has 8 nitrogen and oxygen atoms in total. The molecule has 0 spiro atoms. The minimum Gasteiger partial charge on any atom is -0.491 e. The molecule has 1 aliphatic rings. The lowest BCUT2D eigenvalue weighted by Gasteiger charge is -2.39. The standard InChI is InChI=1S/C20H29N5O3/c1-14-5-4-10-24(18(14)13-21)20(26)19-15(2)22-25(23-19)16-6-8-17(9-7-16)28-12-11-27-3/h6-9,14,18H,4-5,10-13,21H2,1-3H3/t14-,18+/m1/s1. The van der Waals surface area contributed by atoms with Crippen LogP contribution in [0.1, 0.15) is 35.9 Å². The smallest absolute Gasteiger partial charge is 0.276 e. The van der Waals surface area contributed by atoms with Gasteiger partial charge in [0.2, 0.25) is 0 Å². The van der Waals surface area contributed by atoms with Gasteiger partial charge < -0.3 is 20.1 Å². The van der Waals surface area contributed by atoms with Gasteiger partial charge in [0.15, 0.2) is 5.69 Å². The van der Waals surface area contributed by atoms with Gasteiger partial charge in [0.25, 0.3) is 5.91 Å². The number of methoxy groups -OCH3 is 1. The summed E-state index contributed by atoms with van der Waals surface area (Å²) in [6.45, 7) is 6.16. The number of rotatable bonds is 7. The lowest BCUT2D eigenvalue weighted by Crippen LogP contribution is -2.51. The van der Waals surface area contributed by atoms with Gasteiger partial charge in [-0.05, 0) is 49.9 Å². The molecule has 0 bridgehead atoms. The van der Waals surface area contributed by atoms with Crippen LogP contribution in [0, 0.1) is 12.8 Å². The summed E-state index contributed by atoms with van der Waals surface area (Å²) in [6, 6.07) is 7.47. The van der Waals surface area contributed by atoms with Gasteiger partial charge in [-0.15, -0.1) is 5.10 Å². The molecule has 1 amide bonds.